The van der Waals surface area contributed by atoms with Crippen molar-refractivity contribution < 1.29 is 8.42 Å². The molecule has 20 heavy (non-hydrogen) atoms. The molecule has 0 bridgehead atoms. The molecule has 110 valence electrons. The third-order valence-electron chi connectivity index (χ3n) is 3.04. The number of sulfonamides is 1. The maximum Gasteiger partial charge on any atom is 0.242 e. The number of hydrogen-bond acceptors (Lipinski definition) is 5. The largest absolute Gasteiger partial charge is 0.328 e. The van der Waals surface area contributed by atoms with Crippen LogP contribution in [0.4, 0.5) is 0 Å². The first-order valence-corrected chi connectivity index (χ1v) is 7.84. The van der Waals surface area contributed by atoms with E-state index in [4.69, 9.17) is 5.73 Å². The Morgan fingerprint density at radius 1 is 1.50 bits per heavy atom. The lowest BCUT2D eigenvalue weighted by Crippen LogP contribution is -2.29. The molecule has 0 aromatic carbocycles. The van der Waals surface area contributed by atoms with Gasteiger partial charge in [0, 0.05) is 31.2 Å². The van der Waals surface area contributed by atoms with Gasteiger partial charge in [0.25, 0.3) is 0 Å². The molecule has 7 nitrogen and oxygen atoms in total. The summed E-state index contributed by atoms with van der Waals surface area (Å²) < 4.78 is 28.5. The molecule has 2 rings (SSSR count). The van der Waals surface area contributed by atoms with Crippen LogP contribution in [0.3, 0.4) is 0 Å². The lowest BCUT2D eigenvalue weighted by molar-refractivity contribution is 0.571. The van der Waals surface area contributed by atoms with Crippen LogP contribution in [0, 0.1) is 6.92 Å². The van der Waals surface area contributed by atoms with Crippen LogP contribution >= 0.6 is 0 Å². The first kappa shape index (κ1) is 14.9. The maximum absolute atomic E-state index is 12.2. The van der Waals surface area contributed by atoms with Crippen molar-refractivity contribution in [1.82, 2.24) is 19.5 Å². The van der Waals surface area contributed by atoms with E-state index in [-0.39, 0.29) is 10.9 Å². The number of nitrogens with one attached hydrogen (secondary N) is 1. The lowest BCUT2D eigenvalue weighted by atomic mass is 10.3. The van der Waals surface area contributed by atoms with Crippen molar-refractivity contribution in [2.75, 3.05) is 6.54 Å². The molecule has 0 spiro atoms. The Labute approximate surface area is 118 Å². The van der Waals surface area contributed by atoms with Gasteiger partial charge in [-0.15, -0.1) is 0 Å². The molecule has 0 radical (unpaired) electrons. The smallest absolute Gasteiger partial charge is 0.242 e. The van der Waals surface area contributed by atoms with Crippen LogP contribution in [0.15, 0.2) is 17.2 Å². The summed E-state index contributed by atoms with van der Waals surface area (Å²) in [6.45, 7) is 3.97. The van der Waals surface area contributed by atoms with Crippen molar-refractivity contribution in [2.24, 2.45) is 12.8 Å². The zero-order valence-electron chi connectivity index (χ0n) is 11.8. The molecule has 2 heterocycles. The van der Waals surface area contributed by atoms with E-state index < -0.39 is 10.0 Å². The number of pyridine rings is 1. The minimum atomic E-state index is -3.56. The molecule has 0 aliphatic rings. The first-order chi connectivity index (χ1) is 9.31. The van der Waals surface area contributed by atoms with Gasteiger partial charge in [-0.1, -0.05) is 0 Å². The fraction of sp³-hybridized carbons (Fsp3) is 0.500. The van der Waals surface area contributed by atoms with Crippen LogP contribution in [0.2, 0.25) is 0 Å². The van der Waals surface area contributed by atoms with E-state index in [0.717, 1.165) is 11.1 Å². The number of fused-ring (bicyclic) bond motifs is 1. The number of aromatic nitrogens is 3. The second-order valence-electron chi connectivity index (χ2n) is 4.91. The average Bonchev–Trinajstić information content (AvgIpc) is 2.64. The summed E-state index contributed by atoms with van der Waals surface area (Å²) in [4.78, 5) is 4.31. The van der Waals surface area contributed by atoms with E-state index >= 15 is 0 Å². The number of nitrogens with zero attached hydrogens (tertiary/aromatic N) is 3. The van der Waals surface area contributed by atoms with E-state index in [1.54, 1.807) is 17.8 Å². The summed E-state index contributed by atoms with van der Waals surface area (Å²) in [5, 5.41) is 4.96. The quantitative estimate of drug-likeness (QED) is 0.826. The highest BCUT2D eigenvalue weighted by atomic mass is 32.2. The van der Waals surface area contributed by atoms with Crippen molar-refractivity contribution in [3.8, 4) is 0 Å². The number of aryl methyl sites for hydroxylation is 2. The molecular formula is C12H19N5O2S. The van der Waals surface area contributed by atoms with Gasteiger partial charge in [-0.05, 0) is 26.3 Å². The van der Waals surface area contributed by atoms with Crippen LogP contribution < -0.4 is 10.5 Å². The zero-order valence-corrected chi connectivity index (χ0v) is 12.6. The molecule has 2 aromatic rings. The topological polar surface area (TPSA) is 103 Å². The van der Waals surface area contributed by atoms with Crippen LogP contribution in [0.25, 0.3) is 11.0 Å². The molecule has 8 heteroatoms. The molecule has 0 saturated carbocycles. The van der Waals surface area contributed by atoms with Crippen molar-refractivity contribution >= 4 is 21.1 Å². The van der Waals surface area contributed by atoms with Crippen LogP contribution in [0.5, 0.6) is 0 Å². The highest BCUT2D eigenvalue weighted by Crippen LogP contribution is 2.19. The Kier molecular flexibility index (Phi) is 4.07. The monoisotopic (exact) mass is 297 g/mol. The average molecular weight is 297 g/mol. The van der Waals surface area contributed by atoms with Crippen LogP contribution in [-0.4, -0.2) is 35.8 Å². The number of nitrogens with two attached hydrogens (primary N) is 1. The summed E-state index contributed by atoms with van der Waals surface area (Å²) >= 11 is 0. The Hall–Kier alpha value is -1.51. The Morgan fingerprint density at radius 2 is 2.20 bits per heavy atom. The van der Waals surface area contributed by atoms with Crippen molar-refractivity contribution in [2.45, 2.75) is 31.2 Å². The van der Waals surface area contributed by atoms with E-state index in [1.165, 1.54) is 6.20 Å². The molecule has 0 aliphatic heterocycles. The minimum Gasteiger partial charge on any atom is -0.328 e. The van der Waals surface area contributed by atoms with Crippen molar-refractivity contribution in [3.05, 3.63) is 18.0 Å². The summed E-state index contributed by atoms with van der Waals surface area (Å²) in [5.41, 5.74) is 7.02. The molecule has 0 aliphatic carbocycles. The molecule has 1 atom stereocenters. The van der Waals surface area contributed by atoms with Gasteiger partial charge in [-0.3, -0.25) is 4.68 Å². The molecule has 0 fully saturated rings. The van der Waals surface area contributed by atoms with Gasteiger partial charge in [0.05, 0.1) is 5.69 Å². The molecular weight excluding hydrogens is 278 g/mol. The predicted octanol–water partition coefficient (Wildman–Crippen LogP) is 0.292. The maximum atomic E-state index is 12.2. The lowest BCUT2D eigenvalue weighted by Gasteiger charge is -2.08. The van der Waals surface area contributed by atoms with Crippen LogP contribution in [0.1, 0.15) is 19.0 Å². The summed E-state index contributed by atoms with van der Waals surface area (Å²) in [6, 6.07) is 1.55. The molecule has 1 unspecified atom stereocenters. The second-order valence-corrected chi connectivity index (χ2v) is 6.68. The molecule has 2 aromatic heterocycles. The van der Waals surface area contributed by atoms with Crippen molar-refractivity contribution in [3.63, 3.8) is 0 Å². The van der Waals surface area contributed by atoms with Crippen molar-refractivity contribution in [1.29, 1.82) is 0 Å². The fourth-order valence-corrected chi connectivity index (χ4v) is 2.96. The van der Waals surface area contributed by atoms with E-state index in [0.29, 0.717) is 18.6 Å². The zero-order chi connectivity index (χ0) is 14.9. The molecule has 0 amide bonds. The van der Waals surface area contributed by atoms with Crippen LogP contribution in [-0.2, 0) is 17.1 Å². The van der Waals surface area contributed by atoms with Gasteiger partial charge in [-0.2, -0.15) is 5.10 Å². The van der Waals surface area contributed by atoms with Gasteiger partial charge in [0.2, 0.25) is 10.0 Å². The van der Waals surface area contributed by atoms with Gasteiger partial charge in [0.1, 0.15) is 4.90 Å². The summed E-state index contributed by atoms with van der Waals surface area (Å²) in [7, 11) is -1.78. The van der Waals surface area contributed by atoms with Gasteiger partial charge >= 0.3 is 0 Å². The summed E-state index contributed by atoms with van der Waals surface area (Å²) in [6.07, 6.45) is 1.93. The highest BCUT2D eigenvalue weighted by Gasteiger charge is 2.17. The SMILES string of the molecule is Cc1nn(C)c2ncc(S(=O)(=O)NCCC(C)N)cc12. The molecule has 0 saturated heterocycles. The minimum absolute atomic E-state index is 0.0427. The van der Waals surface area contributed by atoms with E-state index in [9.17, 15) is 8.42 Å². The normalized spacial score (nSPS) is 13.8. The highest BCUT2D eigenvalue weighted by molar-refractivity contribution is 7.89. The predicted molar refractivity (Wildman–Crippen MR) is 76.7 cm³/mol. The fourth-order valence-electron chi connectivity index (χ4n) is 1.94. The van der Waals surface area contributed by atoms with E-state index in [1.807, 2.05) is 13.8 Å². The third kappa shape index (κ3) is 2.97. The number of rotatable bonds is 5. The van der Waals surface area contributed by atoms with Gasteiger partial charge < -0.3 is 5.73 Å². The van der Waals surface area contributed by atoms with E-state index in [2.05, 4.69) is 14.8 Å². The molecule has 3 N–H and O–H groups in total. The van der Waals surface area contributed by atoms with Gasteiger partial charge in [-0.25, -0.2) is 18.1 Å². The first-order valence-electron chi connectivity index (χ1n) is 6.36. The Balaban J connectivity index is 2.30. The van der Waals surface area contributed by atoms with Gasteiger partial charge in [0.15, 0.2) is 5.65 Å². The summed E-state index contributed by atoms with van der Waals surface area (Å²) in [5.74, 6) is 0. The number of hydrogen-bond donors (Lipinski definition) is 2. The Morgan fingerprint density at radius 3 is 2.85 bits per heavy atom. The third-order valence-corrected chi connectivity index (χ3v) is 4.47. The second kappa shape index (κ2) is 5.47. The standard InChI is InChI=1S/C12H19N5O2S/c1-8(13)4-5-15-20(18,19)10-6-11-9(2)16-17(3)12(11)14-7-10/h6-8,15H,4-5,13H2,1-3H3. The Bertz CT molecular complexity index is 721.